The zero-order valence-electron chi connectivity index (χ0n) is 13.6. The molecule has 0 aliphatic heterocycles. The van der Waals surface area contributed by atoms with Crippen LogP contribution in [0.5, 0.6) is 0 Å². The molecule has 0 aromatic carbocycles. The molecule has 6 nitrogen and oxygen atoms in total. The Hall–Kier alpha value is -2.12. The SMILES string of the molecule is CCOCCCNC(=O)CSc1nc2ncccc2n2cccc12. The summed E-state index contributed by atoms with van der Waals surface area (Å²) in [4.78, 5) is 20.9. The van der Waals surface area contributed by atoms with Gasteiger partial charge in [-0.25, -0.2) is 9.97 Å². The maximum Gasteiger partial charge on any atom is 0.230 e. The van der Waals surface area contributed by atoms with Crippen molar-refractivity contribution in [3.8, 4) is 0 Å². The number of nitrogens with one attached hydrogen (secondary N) is 1. The highest BCUT2D eigenvalue weighted by atomic mass is 32.2. The van der Waals surface area contributed by atoms with E-state index in [1.54, 1.807) is 6.20 Å². The quantitative estimate of drug-likeness (QED) is 0.502. The van der Waals surface area contributed by atoms with Gasteiger partial charge in [-0.05, 0) is 37.6 Å². The van der Waals surface area contributed by atoms with Crippen LogP contribution in [0, 0.1) is 0 Å². The summed E-state index contributed by atoms with van der Waals surface area (Å²) in [6.45, 7) is 3.97. The molecule has 0 bridgehead atoms. The molecule has 0 atom stereocenters. The predicted molar refractivity (Wildman–Crippen MR) is 95.3 cm³/mol. The predicted octanol–water partition coefficient (Wildman–Crippen LogP) is 2.52. The lowest BCUT2D eigenvalue weighted by Crippen LogP contribution is -2.26. The Balaban J connectivity index is 1.64. The van der Waals surface area contributed by atoms with E-state index in [-0.39, 0.29) is 5.91 Å². The molecule has 0 unspecified atom stereocenters. The average Bonchev–Trinajstić information content (AvgIpc) is 3.09. The molecular formula is C17H20N4O2S. The molecule has 1 amide bonds. The number of carbonyl (C=O) groups is 1. The van der Waals surface area contributed by atoms with Gasteiger partial charge in [-0.3, -0.25) is 4.79 Å². The van der Waals surface area contributed by atoms with E-state index in [0.717, 1.165) is 22.5 Å². The van der Waals surface area contributed by atoms with Gasteiger partial charge < -0.3 is 14.5 Å². The first-order chi connectivity index (χ1) is 11.8. The van der Waals surface area contributed by atoms with Gasteiger partial charge in [0.05, 0.1) is 16.8 Å². The van der Waals surface area contributed by atoms with Gasteiger partial charge in [0.2, 0.25) is 5.91 Å². The number of fused-ring (bicyclic) bond motifs is 3. The van der Waals surface area contributed by atoms with Crippen LogP contribution in [-0.4, -0.2) is 45.8 Å². The van der Waals surface area contributed by atoms with E-state index in [2.05, 4.69) is 19.7 Å². The lowest BCUT2D eigenvalue weighted by molar-refractivity contribution is -0.118. The second kappa shape index (κ2) is 8.12. The molecule has 3 aromatic rings. The van der Waals surface area contributed by atoms with Gasteiger partial charge in [0.25, 0.3) is 0 Å². The Morgan fingerprint density at radius 1 is 1.33 bits per heavy atom. The number of amides is 1. The number of hydrogen-bond acceptors (Lipinski definition) is 5. The van der Waals surface area contributed by atoms with E-state index in [4.69, 9.17) is 4.74 Å². The summed E-state index contributed by atoms with van der Waals surface area (Å²) in [5.41, 5.74) is 2.63. The molecule has 0 aliphatic carbocycles. The molecule has 1 N–H and O–H groups in total. The summed E-state index contributed by atoms with van der Waals surface area (Å²) >= 11 is 1.43. The van der Waals surface area contributed by atoms with E-state index < -0.39 is 0 Å². The number of hydrogen-bond donors (Lipinski definition) is 1. The maximum absolute atomic E-state index is 12.0. The molecule has 3 rings (SSSR count). The molecule has 3 heterocycles. The number of thioether (sulfide) groups is 1. The summed E-state index contributed by atoms with van der Waals surface area (Å²) in [5.74, 6) is 0.338. The fourth-order valence-electron chi connectivity index (χ4n) is 2.42. The number of aromatic nitrogens is 3. The van der Waals surface area contributed by atoms with Crippen molar-refractivity contribution in [2.75, 3.05) is 25.5 Å². The molecule has 0 saturated heterocycles. The molecule has 3 aromatic heterocycles. The third-order valence-electron chi connectivity index (χ3n) is 3.53. The van der Waals surface area contributed by atoms with Crippen molar-refractivity contribution in [3.05, 3.63) is 36.7 Å². The molecule has 0 spiro atoms. The van der Waals surface area contributed by atoms with Crippen molar-refractivity contribution in [1.29, 1.82) is 0 Å². The molecule has 0 aliphatic rings. The third-order valence-corrected chi connectivity index (χ3v) is 4.51. The lowest BCUT2D eigenvalue weighted by atomic mass is 10.4. The highest BCUT2D eigenvalue weighted by Gasteiger charge is 2.11. The monoisotopic (exact) mass is 344 g/mol. The van der Waals surface area contributed by atoms with Crippen molar-refractivity contribution >= 4 is 34.3 Å². The van der Waals surface area contributed by atoms with Crippen molar-refractivity contribution < 1.29 is 9.53 Å². The zero-order chi connectivity index (χ0) is 16.8. The zero-order valence-corrected chi connectivity index (χ0v) is 14.4. The topological polar surface area (TPSA) is 68.5 Å². The van der Waals surface area contributed by atoms with Gasteiger partial charge in [-0.2, -0.15) is 0 Å². The van der Waals surface area contributed by atoms with Gasteiger partial charge in [0, 0.05) is 32.2 Å². The average molecular weight is 344 g/mol. The fraction of sp³-hybridized carbons (Fsp3) is 0.353. The van der Waals surface area contributed by atoms with E-state index >= 15 is 0 Å². The molecule has 0 saturated carbocycles. The Bertz CT molecular complexity index is 834. The summed E-state index contributed by atoms with van der Waals surface area (Å²) < 4.78 is 7.30. The smallest absolute Gasteiger partial charge is 0.230 e. The van der Waals surface area contributed by atoms with Crippen LogP contribution in [0.2, 0.25) is 0 Å². The second-order valence-corrected chi connectivity index (χ2v) is 6.18. The Labute approximate surface area is 144 Å². The van der Waals surface area contributed by atoms with Crippen molar-refractivity contribution in [2.24, 2.45) is 0 Å². The number of nitrogens with zero attached hydrogens (tertiary/aromatic N) is 3. The summed E-state index contributed by atoms with van der Waals surface area (Å²) in [6.07, 6.45) is 4.54. The lowest BCUT2D eigenvalue weighted by Gasteiger charge is -2.08. The van der Waals surface area contributed by atoms with Crippen LogP contribution in [0.1, 0.15) is 13.3 Å². The number of carbonyl (C=O) groups excluding carboxylic acids is 1. The first-order valence-electron chi connectivity index (χ1n) is 7.98. The van der Waals surface area contributed by atoms with Gasteiger partial charge >= 0.3 is 0 Å². The minimum Gasteiger partial charge on any atom is -0.382 e. The van der Waals surface area contributed by atoms with Crippen molar-refractivity contribution in [1.82, 2.24) is 19.7 Å². The highest BCUT2D eigenvalue weighted by Crippen LogP contribution is 2.25. The van der Waals surface area contributed by atoms with Crippen LogP contribution < -0.4 is 5.32 Å². The van der Waals surface area contributed by atoms with Gasteiger partial charge in [-0.15, -0.1) is 0 Å². The van der Waals surface area contributed by atoms with E-state index in [0.29, 0.717) is 31.2 Å². The maximum atomic E-state index is 12.0. The van der Waals surface area contributed by atoms with Crippen LogP contribution in [-0.2, 0) is 9.53 Å². The standard InChI is InChI=1S/C17H20N4O2S/c1-2-23-11-5-9-18-15(22)12-24-17-14-7-4-10-21(14)13-6-3-8-19-16(13)20-17/h3-4,6-8,10H,2,5,9,11-12H2,1H3,(H,18,22). The number of ether oxygens (including phenoxy) is 1. The largest absolute Gasteiger partial charge is 0.382 e. The fourth-order valence-corrected chi connectivity index (χ4v) is 3.25. The van der Waals surface area contributed by atoms with Crippen LogP contribution in [0.25, 0.3) is 16.7 Å². The van der Waals surface area contributed by atoms with E-state index in [1.165, 1.54) is 11.8 Å². The molecule has 0 radical (unpaired) electrons. The second-order valence-electron chi connectivity index (χ2n) is 5.22. The van der Waals surface area contributed by atoms with Crippen LogP contribution in [0.15, 0.2) is 41.7 Å². The van der Waals surface area contributed by atoms with Crippen LogP contribution >= 0.6 is 11.8 Å². The number of rotatable bonds is 8. The third kappa shape index (κ3) is 3.85. The minimum absolute atomic E-state index is 0.00382. The van der Waals surface area contributed by atoms with Gasteiger partial charge in [0.15, 0.2) is 5.65 Å². The van der Waals surface area contributed by atoms with Gasteiger partial charge in [-0.1, -0.05) is 11.8 Å². The summed E-state index contributed by atoms with van der Waals surface area (Å²) in [6, 6.07) is 7.86. The highest BCUT2D eigenvalue weighted by molar-refractivity contribution is 8.00. The normalized spacial score (nSPS) is 11.2. The molecular weight excluding hydrogens is 324 g/mol. The molecule has 24 heavy (non-hydrogen) atoms. The van der Waals surface area contributed by atoms with Crippen LogP contribution in [0.4, 0.5) is 0 Å². The van der Waals surface area contributed by atoms with Crippen molar-refractivity contribution in [2.45, 2.75) is 18.4 Å². The van der Waals surface area contributed by atoms with E-state index in [1.807, 2.05) is 37.4 Å². The Kier molecular flexibility index (Phi) is 5.66. The van der Waals surface area contributed by atoms with E-state index in [9.17, 15) is 4.79 Å². The van der Waals surface area contributed by atoms with Crippen LogP contribution in [0.3, 0.4) is 0 Å². The number of pyridine rings is 1. The minimum atomic E-state index is 0.00382. The summed E-state index contributed by atoms with van der Waals surface area (Å²) in [7, 11) is 0. The van der Waals surface area contributed by atoms with Gasteiger partial charge in [0.1, 0.15) is 5.03 Å². The first-order valence-corrected chi connectivity index (χ1v) is 8.97. The Morgan fingerprint density at radius 3 is 3.08 bits per heavy atom. The summed E-state index contributed by atoms with van der Waals surface area (Å²) in [5, 5.41) is 3.72. The first kappa shape index (κ1) is 16.7. The molecule has 0 fully saturated rings. The Morgan fingerprint density at radius 2 is 2.21 bits per heavy atom. The molecule has 7 heteroatoms. The van der Waals surface area contributed by atoms with Crippen molar-refractivity contribution in [3.63, 3.8) is 0 Å². The molecule has 126 valence electrons.